The van der Waals surface area contributed by atoms with Crippen molar-refractivity contribution in [1.82, 2.24) is 10.1 Å². The van der Waals surface area contributed by atoms with Gasteiger partial charge in [-0.3, -0.25) is 0 Å². The van der Waals surface area contributed by atoms with E-state index in [0.29, 0.717) is 28.1 Å². The number of aromatic nitrogens is 2. The number of nitrogens with zero attached hydrogens (tertiary/aromatic N) is 2. The first-order valence-corrected chi connectivity index (χ1v) is 6.42. The molecule has 0 radical (unpaired) electrons. The summed E-state index contributed by atoms with van der Waals surface area (Å²) in [6.45, 7) is 1.72. The van der Waals surface area contributed by atoms with Crippen molar-refractivity contribution in [2.75, 3.05) is 13.7 Å². The predicted octanol–water partition coefficient (Wildman–Crippen LogP) is 1.65. The molecule has 1 aromatic heterocycles. The normalized spacial score (nSPS) is 14.1. The Morgan fingerprint density at radius 3 is 2.90 bits per heavy atom. The van der Waals surface area contributed by atoms with E-state index < -0.39 is 5.60 Å². The van der Waals surface area contributed by atoms with Crippen molar-refractivity contribution in [2.45, 2.75) is 18.9 Å². The molecule has 1 heterocycles. The quantitative estimate of drug-likeness (QED) is 0.871. The van der Waals surface area contributed by atoms with E-state index in [1.807, 2.05) is 0 Å². The average Bonchev–Trinajstić information content (AvgIpc) is 2.86. The molecule has 108 valence electrons. The van der Waals surface area contributed by atoms with Gasteiger partial charge in [0.15, 0.2) is 0 Å². The molecular formula is C13H16ClN3O3. The molecule has 7 heteroatoms. The number of benzene rings is 1. The minimum atomic E-state index is -1.08. The van der Waals surface area contributed by atoms with Crippen LogP contribution in [0.1, 0.15) is 12.8 Å². The molecule has 20 heavy (non-hydrogen) atoms. The van der Waals surface area contributed by atoms with Crippen molar-refractivity contribution in [3.63, 3.8) is 0 Å². The van der Waals surface area contributed by atoms with E-state index in [1.54, 1.807) is 25.1 Å². The molecule has 0 saturated carbocycles. The van der Waals surface area contributed by atoms with Crippen LogP contribution < -0.4 is 10.5 Å². The first-order chi connectivity index (χ1) is 9.45. The lowest BCUT2D eigenvalue weighted by atomic mass is 10.0. The third kappa shape index (κ3) is 3.27. The monoisotopic (exact) mass is 297 g/mol. The van der Waals surface area contributed by atoms with Gasteiger partial charge in [-0.05, 0) is 25.1 Å². The van der Waals surface area contributed by atoms with E-state index in [1.165, 1.54) is 7.11 Å². The first kappa shape index (κ1) is 14.8. The van der Waals surface area contributed by atoms with Gasteiger partial charge in [-0.2, -0.15) is 4.98 Å². The van der Waals surface area contributed by atoms with Crippen molar-refractivity contribution >= 4 is 11.6 Å². The molecule has 1 aromatic carbocycles. The molecule has 1 atom stereocenters. The number of methoxy groups -OCH3 is 1. The van der Waals surface area contributed by atoms with Crippen LogP contribution in [0.3, 0.4) is 0 Å². The van der Waals surface area contributed by atoms with Gasteiger partial charge in [0.05, 0.1) is 24.7 Å². The maximum absolute atomic E-state index is 9.90. The van der Waals surface area contributed by atoms with Crippen LogP contribution in [0.4, 0.5) is 0 Å². The van der Waals surface area contributed by atoms with Crippen LogP contribution in [0, 0.1) is 0 Å². The van der Waals surface area contributed by atoms with E-state index in [-0.39, 0.29) is 13.0 Å². The predicted molar refractivity (Wildman–Crippen MR) is 74.7 cm³/mol. The van der Waals surface area contributed by atoms with E-state index in [4.69, 9.17) is 26.6 Å². The summed E-state index contributed by atoms with van der Waals surface area (Å²) in [5.74, 6) is 1.24. The lowest BCUT2D eigenvalue weighted by Gasteiger charge is -2.17. The summed E-state index contributed by atoms with van der Waals surface area (Å²) in [4.78, 5) is 4.24. The molecule has 3 N–H and O–H groups in total. The van der Waals surface area contributed by atoms with Crippen LogP contribution in [0.5, 0.6) is 5.75 Å². The van der Waals surface area contributed by atoms with Crippen LogP contribution >= 0.6 is 11.6 Å². The minimum Gasteiger partial charge on any atom is -0.496 e. The van der Waals surface area contributed by atoms with Crippen LogP contribution in [-0.4, -0.2) is 34.5 Å². The van der Waals surface area contributed by atoms with Gasteiger partial charge in [0.2, 0.25) is 11.7 Å². The molecule has 6 nitrogen and oxygen atoms in total. The highest BCUT2D eigenvalue weighted by molar-refractivity contribution is 6.30. The van der Waals surface area contributed by atoms with Crippen molar-refractivity contribution < 1.29 is 14.4 Å². The first-order valence-electron chi connectivity index (χ1n) is 6.04. The molecule has 1 unspecified atom stereocenters. The van der Waals surface area contributed by atoms with Crippen LogP contribution in [0.15, 0.2) is 22.7 Å². The van der Waals surface area contributed by atoms with Crippen molar-refractivity contribution in [1.29, 1.82) is 0 Å². The topological polar surface area (TPSA) is 94.4 Å². The zero-order valence-corrected chi connectivity index (χ0v) is 12.0. The summed E-state index contributed by atoms with van der Waals surface area (Å²) in [5.41, 5.74) is 5.05. The Hall–Kier alpha value is -1.63. The molecule has 0 fully saturated rings. The Kier molecular flexibility index (Phi) is 4.27. The van der Waals surface area contributed by atoms with Gasteiger partial charge in [0, 0.05) is 11.6 Å². The molecule has 0 amide bonds. The van der Waals surface area contributed by atoms with Crippen LogP contribution in [0.25, 0.3) is 11.4 Å². The second-order valence-electron chi connectivity index (χ2n) is 4.73. The largest absolute Gasteiger partial charge is 0.496 e. The maximum Gasteiger partial charge on any atom is 0.229 e. The van der Waals surface area contributed by atoms with Crippen molar-refractivity contribution in [3.05, 3.63) is 29.1 Å². The molecule has 0 aliphatic carbocycles. The Morgan fingerprint density at radius 1 is 1.50 bits per heavy atom. The Balaban J connectivity index is 2.29. The highest BCUT2D eigenvalue weighted by atomic mass is 35.5. The van der Waals surface area contributed by atoms with Gasteiger partial charge >= 0.3 is 0 Å². The molecule has 0 aliphatic heterocycles. The fourth-order valence-corrected chi connectivity index (χ4v) is 1.85. The Morgan fingerprint density at radius 2 is 2.25 bits per heavy atom. The van der Waals surface area contributed by atoms with Crippen molar-refractivity contribution in [3.8, 4) is 17.1 Å². The number of hydrogen-bond donors (Lipinski definition) is 2. The molecule has 0 saturated heterocycles. The zero-order chi connectivity index (χ0) is 14.8. The smallest absolute Gasteiger partial charge is 0.229 e. The number of nitrogens with two attached hydrogens (primary N) is 1. The van der Waals surface area contributed by atoms with Crippen LogP contribution in [0.2, 0.25) is 5.02 Å². The summed E-state index contributed by atoms with van der Waals surface area (Å²) in [7, 11) is 1.54. The number of aliphatic hydroxyl groups is 1. The lowest BCUT2D eigenvalue weighted by Crippen LogP contribution is -2.36. The standard InChI is InChI=1S/C13H16ClN3O3/c1-13(18,7-15)6-11-16-12(17-20-11)9-4-3-8(14)5-10(9)19-2/h3-5,18H,6-7,15H2,1-2H3. The zero-order valence-electron chi connectivity index (χ0n) is 11.3. The van der Waals surface area contributed by atoms with Gasteiger partial charge in [-0.25, -0.2) is 0 Å². The molecule has 2 aromatic rings. The number of ether oxygens (including phenoxy) is 1. The summed E-state index contributed by atoms with van der Waals surface area (Å²) in [6.07, 6.45) is 0.187. The Bertz CT molecular complexity index is 598. The number of rotatable bonds is 5. The average molecular weight is 298 g/mol. The highest BCUT2D eigenvalue weighted by Crippen LogP contribution is 2.30. The summed E-state index contributed by atoms with van der Waals surface area (Å²) in [6, 6.07) is 5.13. The molecular weight excluding hydrogens is 282 g/mol. The maximum atomic E-state index is 9.90. The van der Waals surface area contributed by atoms with E-state index in [0.717, 1.165) is 0 Å². The third-order valence-electron chi connectivity index (χ3n) is 2.84. The number of halogens is 1. The summed E-state index contributed by atoms with van der Waals surface area (Å²) >= 11 is 5.90. The highest BCUT2D eigenvalue weighted by Gasteiger charge is 2.23. The Labute approximate surface area is 121 Å². The van der Waals surface area contributed by atoms with E-state index in [2.05, 4.69) is 10.1 Å². The van der Waals surface area contributed by atoms with E-state index in [9.17, 15) is 5.11 Å². The second-order valence-corrected chi connectivity index (χ2v) is 5.17. The van der Waals surface area contributed by atoms with Crippen molar-refractivity contribution in [2.24, 2.45) is 5.73 Å². The van der Waals surface area contributed by atoms with Gasteiger partial charge in [-0.1, -0.05) is 16.8 Å². The molecule has 2 rings (SSSR count). The SMILES string of the molecule is COc1cc(Cl)ccc1-c1noc(CC(C)(O)CN)n1. The van der Waals surface area contributed by atoms with Gasteiger partial charge in [0.1, 0.15) is 5.75 Å². The lowest BCUT2D eigenvalue weighted by molar-refractivity contribution is 0.0610. The van der Waals surface area contributed by atoms with Gasteiger partial charge in [-0.15, -0.1) is 0 Å². The summed E-state index contributed by atoms with van der Waals surface area (Å²) < 4.78 is 10.4. The number of hydrogen-bond acceptors (Lipinski definition) is 6. The molecule has 0 spiro atoms. The fourth-order valence-electron chi connectivity index (χ4n) is 1.68. The van der Waals surface area contributed by atoms with Gasteiger partial charge in [0.25, 0.3) is 0 Å². The molecule has 0 aliphatic rings. The third-order valence-corrected chi connectivity index (χ3v) is 3.08. The van der Waals surface area contributed by atoms with E-state index >= 15 is 0 Å². The fraction of sp³-hybridized carbons (Fsp3) is 0.385. The van der Waals surface area contributed by atoms with Crippen LogP contribution in [-0.2, 0) is 6.42 Å². The molecule has 0 bridgehead atoms. The minimum absolute atomic E-state index is 0.106. The summed E-state index contributed by atoms with van der Waals surface area (Å²) in [5, 5.41) is 14.3. The van der Waals surface area contributed by atoms with Gasteiger partial charge < -0.3 is 20.1 Å². The second kappa shape index (κ2) is 5.78.